The summed E-state index contributed by atoms with van der Waals surface area (Å²) in [5, 5.41) is 4.98. The maximum Gasteiger partial charge on any atom is 0.265 e. The molecule has 5 aliphatic rings. The van der Waals surface area contributed by atoms with Crippen LogP contribution in [-0.4, -0.2) is 88.0 Å². The van der Waals surface area contributed by atoms with Gasteiger partial charge < -0.3 is 19.9 Å². The fourth-order valence-corrected chi connectivity index (χ4v) is 9.34. The van der Waals surface area contributed by atoms with Gasteiger partial charge in [0.25, 0.3) is 11.8 Å². The fourth-order valence-electron chi connectivity index (χ4n) is 9.34. The highest BCUT2D eigenvalue weighted by Crippen LogP contribution is 2.62. The van der Waals surface area contributed by atoms with Crippen molar-refractivity contribution in [1.82, 2.24) is 15.3 Å². The first-order valence-corrected chi connectivity index (χ1v) is 18.9. The number of carbonyl (C=O) groups excluding carboxylic acids is 2. The third kappa shape index (κ3) is 7.24. The van der Waals surface area contributed by atoms with Crippen molar-refractivity contribution in [3.05, 3.63) is 47.5 Å². The average Bonchev–Trinajstić information content (AvgIpc) is 3.71. The summed E-state index contributed by atoms with van der Waals surface area (Å²) in [6.07, 6.45) is 8.57. The Kier molecular flexibility index (Phi) is 11.1. The molecule has 5 fully saturated rings. The first-order chi connectivity index (χ1) is 23.9. The van der Waals surface area contributed by atoms with Crippen molar-refractivity contribution < 1.29 is 19.2 Å². The number of rotatable bonds is 12. The molecule has 2 bridgehead atoms. The summed E-state index contributed by atoms with van der Waals surface area (Å²) in [6, 6.07) is 12.1. The molecule has 7 atom stereocenters. The van der Waals surface area contributed by atoms with Crippen molar-refractivity contribution in [3.63, 3.8) is 0 Å². The molecule has 2 aromatic rings. The number of hydroxylamine groups is 2. The van der Waals surface area contributed by atoms with Crippen molar-refractivity contribution >= 4 is 23.7 Å². The summed E-state index contributed by atoms with van der Waals surface area (Å²) in [5.74, 6) is 2.88. The molecule has 1 N–H and O–H groups in total. The molecule has 0 radical (unpaired) electrons. The van der Waals surface area contributed by atoms with Crippen LogP contribution in [0, 0.1) is 35.0 Å². The van der Waals surface area contributed by atoms with Gasteiger partial charge in [-0.25, -0.2) is 4.99 Å². The number of methoxy groups -OCH3 is 1. The number of para-hydroxylation sites is 1. The molecule has 9 heteroatoms. The number of nitrogens with one attached hydrogen (secondary N) is 1. The van der Waals surface area contributed by atoms with Crippen LogP contribution in [0.3, 0.4) is 0 Å². The maximum absolute atomic E-state index is 13.8. The molecule has 0 spiro atoms. The molecule has 2 heterocycles. The molecule has 7 rings (SSSR count). The lowest BCUT2D eigenvalue weighted by Gasteiger charge is -2.61. The number of fused-ring (bicyclic) bond motifs is 2. The quantitative estimate of drug-likeness (QED) is 0.249. The minimum absolute atomic E-state index is 0.0665. The third-order valence-corrected chi connectivity index (χ3v) is 12.9. The van der Waals surface area contributed by atoms with E-state index in [-0.39, 0.29) is 17.7 Å². The average molecular weight is 686 g/mol. The summed E-state index contributed by atoms with van der Waals surface area (Å²) < 4.78 is 6.08. The molecule has 3 saturated carbocycles. The van der Waals surface area contributed by atoms with Gasteiger partial charge in [0, 0.05) is 61.2 Å². The van der Waals surface area contributed by atoms with Gasteiger partial charge >= 0.3 is 0 Å². The summed E-state index contributed by atoms with van der Waals surface area (Å²) in [6.45, 7) is 11.9. The number of amides is 2. The molecule has 3 aliphatic carbocycles. The Morgan fingerprint density at radius 2 is 1.98 bits per heavy atom. The summed E-state index contributed by atoms with van der Waals surface area (Å²) in [5.41, 5.74) is 4.64. The number of benzene rings is 2. The molecular formula is C41H59N5O4. The lowest BCUT2D eigenvalue weighted by Crippen LogP contribution is -2.55. The van der Waals surface area contributed by atoms with Crippen LogP contribution >= 0.6 is 0 Å². The van der Waals surface area contributed by atoms with Crippen molar-refractivity contribution in [1.29, 1.82) is 0 Å². The summed E-state index contributed by atoms with van der Waals surface area (Å²) >= 11 is 0. The van der Waals surface area contributed by atoms with E-state index in [0.29, 0.717) is 60.2 Å². The number of nitrogens with zero attached hydrogens (tertiary/aromatic N) is 4. The highest BCUT2D eigenvalue weighted by atomic mass is 16.7. The molecule has 0 aromatic heterocycles. The van der Waals surface area contributed by atoms with Crippen molar-refractivity contribution in [3.8, 4) is 16.9 Å². The number of aliphatic imine (C=N–C) groups is 1. The van der Waals surface area contributed by atoms with Crippen LogP contribution in [0.5, 0.6) is 5.75 Å². The van der Waals surface area contributed by atoms with Gasteiger partial charge in [-0.3, -0.25) is 14.4 Å². The minimum atomic E-state index is -0.453. The second kappa shape index (κ2) is 15.1. The van der Waals surface area contributed by atoms with E-state index in [1.54, 1.807) is 7.11 Å². The molecule has 50 heavy (non-hydrogen) atoms. The first-order valence-electron chi connectivity index (χ1n) is 18.9. The van der Waals surface area contributed by atoms with Crippen molar-refractivity contribution in [2.75, 3.05) is 52.8 Å². The lowest BCUT2D eigenvalue weighted by molar-refractivity contribution is -0.155. The van der Waals surface area contributed by atoms with E-state index in [1.807, 2.05) is 60.6 Å². The monoisotopic (exact) mass is 685 g/mol. The van der Waals surface area contributed by atoms with Crippen LogP contribution in [0.4, 0.5) is 5.69 Å². The van der Waals surface area contributed by atoms with E-state index in [9.17, 15) is 9.59 Å². The summed E-state index contributed by atoms with van der Waals surface area (Å²) in [7, 11) is 7.81. The minimum Gasteiger partial charge on any atom is -0.496 e. The van der Waals surface area contributed by atoms with Gasteiger partial charge in [-0.05, 0) is 105 Å². The van der Waals surface area contributed by atoms with E-state index in [4.69, 9.17) is 9.57 Å². The molecule has 2 aromatic carbocycles. The number of likely N-dealkylation sites (tertiary alicyclic amines) is 1. The topological polar surface area (TPSA) is 86.7 Å². The van der Waals surface area contributed by atoms with Crippen molar-refractivity contribution in [2.24, 2.45) is 40.0 Å². The van der Waals surface area contributed by atoms with Gasteiger partial charge in [0.05, 0.1) is 20.3 Å². The van der Waals surface area contributed by atoms with E-state index in [0.717, 1.165) is 54.1 Å². The van der Waals surface area contributed by atoms with E-state index >= 15 is 0 Å². The number of carbonyl (C=O) groups is 2. The Bertz CT molecular complexity index is 1570. The molecule has 9 nitrogen and oxygen atoms in total. The van der Waals surface area contributed by atoms with E-state index in [1.165, 1.54) is 19.3 Å². The Morgan fingerprint density at radius 1 is 1.18 bits per heavy atom. The van der Waals surface area contributed by atoms with Gasteiger partial charge in [0.1, 0.15) is 11.8 Å². The van der Waals surface area contributed by atoms with Crippen LogP contribution in [0.1, 0.15) is 82.1 Å². The highest BCUT2D eigenvalue weighted by Gasteiger charge is 2.55. The Hall–Kier alpha value is -3.27. The number of hydrogen-bond acceptors (Lipinski definition) is 7. The largest absolute Gasteiger partial charge is 0.496 e. The van der Waals surface area contributed by atoms with Crippen LogP contribution in [0.25, 0.3) is 11.1 Å². The normalized spacial score (nSPS) is 29.2. The van der Waals surface area contributed by atoms with Gasteiger partial charge in [0.15, 0.2) is 0 Å². The third-order valence-electron chi connectivity index (χ3n) is 12.9. The molecule has 2 amide bonds. The first kappa shape index (κ1) is 36.5. The Balaban J connectivity index is 1.20. The van der Waals surface area contributed by atoms with Gasteiger partial charge in [-0.2, -0.15) is 5.06 Å². The van der Waals surface area contributed by atoms with Gasteiger partial charge in [-0.1, -0.05) is 45.9 Å². The van der Waals surface area contributed by atoms with Gasteiger partial charge in [-0.15, -0.1) is 0 Å². The van der Waals surface area contributed by atoms with E-state index < -0.39 is 6.04 Å². The standard InChI is InChI=1S/C41H59N5O4/c1-9-27-25-50-46(37(27)40(48)43-23-31-19-32-22-36(26(31)2)41(32,3)4)24-28-12-10-14-35(38(28)49-8)29-18-30(21-34(20-29)44(5)6)39(47)42-16-15-33-13-11-17-45(33)7/h10,12,14,18,20-21,23,26-27,31-33,36-37H,9,11,13,15-17,19,22,24-25H2,1-8H3,(H,42,47)/t26-,27+,31?,32+,33?,36+,37+/m1/s1. The maximum atomic E-state index is 13.8. The Morgan fingerprint density at radius 3 is 2.64 bits per heavy atom. The number of hydrogen-bond donors (Lipinski definition) is 1. The second-order valence-corrected chi connectivity index (χ2v) is 16.2. The second-order valence-electron chi connectivity index (χ2n) is 16.2. The molecule has 272 valence electrons. The fraction of sp³-hybridized carbons (Fsp3) is 0.634. The highest BCUT2D eigenvalue weighted by molar-refractivity contribution is 5.97. The molecule has 2 saturated heterocycles. The zero-order chi connectivity index (χ0) is 35.7. The number of anilines is 1. The molecule has 2 aliphatic heterocycles. The lowest BCUT2D eigenvalue weighted by atomic mass is 9.43. The van der Waals surface area contributed by atoms with Crippen LogP contribution in [0.2, 0.25) is 0 Å². The van der Waals surface area contributed by atoms with Gasteiger partial charge in [0.2, 0.25) is 0 Å². The Labute approximate surface area is 299 Å². The van der Waals surface area contributed by atoms with Crippen LogP contribution in [-0.2, 0) is 16.2 Å². The smallest absolute Gasteiger partial charge is 0.265 e. The molecular weight excluding hydrogens is 626 g/mol. The zero-order valence-corrected chi connectivity index (χ0v) is 31.6. The van der Waals surface area contributed by atoms with E-state index in [2.05, 4.69) is 56.0 Å². The molecule has 2 unspecified atom stereocenters. The zero-order valence-electron chi connectivity index (χ0n) is 31.6. The number of ether oxygens (including phenoxy) is 1. The van der Waals surface area contributed by atoms with Crippen LogP contribution in [0.15, 0.2) is 41.4 Å². The van der Waals surface area contributed by atoms with Crippen LogP contribution < -0.4 is 15.0 Å². The predicted molar refractivity (Wildman–Crippen MR) is 201 cm³/mol. The predicted octanol–water partition coefficient (Wildman–Crippen LogP) is 6.70. The summed E-state index contributed by atoms with van der Waals surface area (Å²) in [4.78, 5) is 42.5. The SMILES string of the molecule is CC[C@H]1CON(Cc2cccc(-c3cc(C(=O)NCCC4CCCN4C)cc(N(C)C)c3)c2OC)[C@@H]1C(=O)N=CC1C[C@H]2C[C@@H]([C@@H]1C)C2(C)C. The van der Waals surface area contributed by atoms with Crippen molar-refractivity contribution in [2.45, 2.75) is 84.8 Å².